The van der Waals surface area contributed by atoms with Gasteiger partial charge in [0.05, 0.1) is 5.69 Å². The summed E-state index contributed by atoms with van der Waals surface area (Å²) < 4.78 is 0. The Bertz CT molecular complexity index is 1030. The SMILES string of the molecule is C/C=C(/Nc1ccc2c(c1)CCC2)[C@@H]1C(=O)NC(=O)N(c2ccc(Cl)cc2)C1=O. The van der Waals surface area contributed by atoms with E-state index >= 15 is 0 Å². The van der Waals surface area contributed by atoms with E-state index in [0.717, 1.165) is 29.8 Å². The van der Waals surface area contributed by atoms with Crippen LogP contribution in [0.15, 0.2) is 54.2 Å². The summed E-state index contributed by atoms with van der Waals surface area (Å²) in [6, 6.07) is 11.6. The van der Waals surface area contributed by atoms with Crippen molar-refractivity contribution in [1.29, 1.82) is 0 Å². The van der Waals surface area contributed by atoms with Gasteiger partial charge in [0.15, 0.2) is 5.92 Å². The van der Waals surface area contributed by atoms with E-state index in [1.807, 2.05) is 6.07 Å². The van der Waals surface area contributed by atoms with Gasteiger partial charge in [-0.25, -0.2) is 9.69 Å². The van der Waals surface area contributed by atoms with E-state index in [-0.39, 0.29) is 0 Å². The number of nitrogens with zero attached hydrogens (tertiary/aromatic N) is 1. The number of carbonyl (C=O) groups is 3. The second-order valence-corrected chi connectivity index (χ2v) is 7.52. The largest absolute Gasteiger partial charge is 0.358 e. The number of imide groups is 2. The topological polar surface area (TPSA) is 78.5 Å². The Hall–Kier alpha value is -3.12. The highest BCUT2D eigenvalue weighted by Gasteiger charge is 2.43. The van der Waals surface area contributed by atoms with Crippen molar-refractivity contribution in [2.45, 2.75) is 26.2 Å². The summed E-state index contributed by atoms with van der Waals surface area (Å²) in [5.74, 6) is -2.41. The van der Waals surface area contributed by atoms with Crippen molar-refractivity contribution >= 4 is 40.8 Å². The fraction of sp³-hybridized carbons (Fsp3) is 0.227. The number of rotatable bonds is 4. The van der Waals surface area contributed by atoms with Gasteiger partial charge in [0, 0.05) is 16.4 Å². The molecule has 0 unspecified atom stereocenters. The number of aryl methyl sites for hydroxylation is 2. The summed E-state index contributed by atoms with van der Waals surface area (Å²) in [5.41, 5.74) is 4.21. The number of urea groups is 1. The molecule has 4 rings (SSSR count). The lowest BCUT2D eigenvalue weighted by molar-refractivity contribution is -0.132. The minimum Gasteiger partial charge on any atom is -0.358 e. The Morgan fingerprint density at radius 1 is 1.10 bits per heavy atom. The van der Waals surface area contributed by atoms with Crippen molar-refractivity contribution in [2.75, 3.05) is 10.2 Å². The number of hydrogen-bond donors (Lipinski definition) is 2. The van der Waals surface area contributed by atoms with Gasteiger partial charge in [-0.05, 0) is 73.7 Å². The number of hydrogen-bond acceptors (Lipinski definition) is 4. The average Bonchev–Trinajstić information content (AvgIpc) is 3.16. The Morgan fingerprint density at radius 3 is 2.55 bits per heavy atom. The van der Waals surface area contributed by atoms with E-state index in [4.69, 9.17) is 11.6 Å². The third-order valence-electron chi connectivity index (χ3n) is 5.26. The molecule has 148 valence electrons. The smallest absolute Gasteiger partial charge is 0.335 e. The second kappa shape index (κ2) is 7.72. The number of nitrogens with one attached hydrogen (secondary N) is 2. The molecule has 29 heavy (non-hydrogen) atoms. The fourth-order valence-electron chi connectivity index (χ4n) is 3.81. The second-order valence-electron chi connectivity index (χ2n) is 7.08. The molecular weight excluding hydrogens is 390 g/mol. The van der Waals surface area contributed by atoms with Crippen LogP contribution in [-0.4, -0.2) is 17.8 Å². The quantitative estimate of drug-likeness (QED) is 0.747. The molecule has 4 amide bonds. The molecule has 1 atom stereocenters. The highest BCUT2D eigenvalue weighted by molar-refractivity contribution is 6.31. The molecule has 1 heterocycles. The molecule has 0 spiro atoms. The molecule has 1 saturated heterocycles. The Balaban J connectivity index is 1.62. The Labute approximate surface area is 173 Å². The van der Waals surface area contributed by atoms with Gasteiger partial charge in [-0.2, -0.15) is 0 Å². The first kappa shape index (κ1) is 19.2. The number of halogens is 1. The monoisotopic (exact) mass is 409 g/mol. The van der Waals surface area contributed by atoms with Crippen LogP contribution in [0.25, 0.3) is 0 Å². The molecule has 2 aliphatic rings. The van der Waals surface area contributed by atoms with Gasteiger partial charge in [-0.15, -0.1) is 0 Å². The molecule has 0 bridgehead atoms. The molecule has 1 aliphatic heterocycles. The highest BCUT2D eigenvalue weighted by atomic mass is 35.5. The van der Waals surface area contributed by atoms with Gasteiger partial charge in [0.2, 0.25) is 5.91 Å². The highest BCUT2D eigenvalue weighted by Crippen LogP contribution is 2.29. The molecule has 1 aliphatic carbocycles. The van der Waals surface area contributed by atoms with Gasteiger partial charge in [-0.1, -0.05) is 23.7 Å². The summed E-state index contributed by atoms with van der Waals surface area (Å²) in [7, 11) is 0. The van der Waals surface area contributed by atoms with Gasteiger partial charge in [0.1, 0.15) is 0 Å². The Morgan fingerprint density at radius 2 is 1.83 bits per heavy atom. The van der Waals surface area contributed by atoms with Crippen molar-refractivity contribution in [1.82, 2.24) is 5.32 Å². The summed E-state index contributed by atoms with van der Waals surface area (Å²) in [6.45, 7) is 1.75. The van der Waals surface area contributed by atoms with Gasteiger partial charge in [0.25, 0.3) is 5.91 Å². The predicted molar refractivity (Wildman–Crippen MR) is 112 cm³/mol. The van der Waals surface area contributed by atoms with Crippen LogP contribution in [0, 0.1) is 5.92 Å². The molecule has 0 radical (unpaired) electrons. The molecular formula is C22H20ClN3O3. The maximum Gasteiger partial charge on any atom is 0.335 e. The first-order valence-corrected chi connectivity index (χ1v) is 9.85. The number of allylic oxidation sites excluding steroid dienone is 1. The first-order chi connectivity index (χ1) is 14.0. The number of barbiturate groups is 1. The zero-order valence-electron chi connectivity index (χ0n) is 15.9. The summed E-state index contributed by atoms with van der Waals surface area (Å²) >= 11 is 5.90. The molecule has 7 heteroatoms. The molecule has 2 aromatic rings. The van der Waals surface area contributed by atoms with Crippen LogP contribution in [-0.2, 0) is 22.4 Å². The lowest BCUT2D eigenvalue weighted by atomic mass is 9.99. The predicted octanol–water partition coefficient (Wildman–Crippen LogP) is 4.04. The number of fused-ring (bicyclic) bond motifs is 1. The first-order valence-electron chi connectivity index (χ1n) is 9.47. The van der Waals surface area contributed by atoms with Crippen molar-refractivity contribution in [3.05, 3.63) is 70.4 Å². The molecule has 2 N–H and O–H groups in total. The molecule has 2 aromatic carbocycles. The number of benzene rings is 2. The maximum atomic E-state index is 13.1. The van der Waals surface area contributed by atoms with Crippen molar-refractivity contribution < 1.29 is 14.4 Å². The zero-order valence-corrected chi connectivity index (χ0v) is 16.6. The summed E-state index contributed by atoms with van der Waals surface area (Å²) in [6.07, 6.45) is 4.92. The van der Waals surface area contributed by atoms with Crippen LogP contribution in [0.1, 0.15) is 24.5 Å². The number of carbonyl (C=O) groups excluding carboxylic acids is 3. The van der Waals surface area contributed by atoms with Crippen molar-refractivity contribution in [3.63, 3.8) is 0 Å². The van der Waals surface area contributed by atoms with E-state index < -0.39 is 23.8 Å². The van der Waals surface area contributed by atoms with E-state index in [1.54, 1.807) is 37.3 Å². The minimum absolute atomic E-state index is 0.349. The third-order valence-corrected chi connectivity index (χ3v) is 5.51. The lowest BCUT2D eigenvalue weighted by Crippen LogP contribution is -2.59. The zero-order chi connectivity index (χ0) is 20.5. The minimum atomic E-state index is -1.15. The van der Waals surface area contributed by atoms with E-state index in [1.165, 1.54) is 11.1 Å². The number of anilines is 2. The van der Waals surface area contributed by atoms with Crippen molar-refractivity contribution in [2.24, 2.45) is 5.92 Å². The average molecular weight is 410 g/mol. The third kappa shape index (κ3) is 3.63. The van der Waals surface area contributed by atoms with Gasteiger partial charge in [-0.3, -0.25) is 14.9 Å². The molecule has 1 fully saturated rings. The van der Waals surface area contributed by atoms with Crippen LogP contribution >= 0.6 is 11.6 Å². The van der Waals surface area contributed by atoms with E-state index in [2.05, 4.69) is 22.8 Å². The summed E-state index contributed by atoms with van der Waals surface area (Å²) in [5, 5.41) is 5.97. The van der Waals surface area contributed by atoms with Crippen LogP contribution < -0.4 is 15.5 Å². The van der Waals surface area contributed by atoms with E-state index in [0.29, 0.717) is 16.4 Å². The number of amides is 4. The summed E-state index contributed by atoms with van der Waals surface area (Å²) in [4.78, 5) is 39.0. The van der Waals surface area contributed by atoms with Crippen LogP contribution in [0.5, 0.6) is 0 Å². The van der Waals surface area contributed by atoms with Crippen LogP contribution in [0.4, 0.5) is 16.2 Å². The maximum absolute atomic E-state index is 13.1. The fourth-order valence-corrected chi connectivity index (χ4v) is 3.94. The lowest BCUT2D eigenvalue weighted by Gasteiger charge is -2.31. The van der Waals surface area contributed by atoms with Crippen LogP contribution in [0.2, 0.25) is 5.02 Å². The molecule has 0 aromatic heterocycles. The van der Waals surface area contributed by atoms with Gasteiger partial charge >= 0.3 is 6.03 Å². The normalized spacial score (nSPS) is 19.2. The molecule has 0 saturated carbocycles. The van der Waals surface area contributed by atoms with Crippen molar-refractivity contribution in [3.8, 4) is 0 Å². The Kier molecular flexibility index (Phi) is 5.11. The molecule has 6 nitrogen and oxygen atoms in total. The van der Waals surface area contributed by atoms with Crippen LogP contribution in [0.3, 0.4) is 0 Å². The standard InChI is InChI=1S/C22H20ClN3O3/c1-2-18(24-16-9-6-13-4-3-5-14(13)12-16)19-20(27)25-22(29)26(21(19)28)17-10-7-15(23)8-11-17/h2,6-12,19,24H,3-5H2,1H3,(H,25,27,29)/b18-2+/t19-/m1/s1. The van der Waals surface area contributed by atoms with E-state index in [9.17, 15) is 14.4 Å². The van der Waals surface area contributed by atoms with Gasteiger partial charge < -0.3 is 5.32 Å².